The third-order valence-electron chi connectivity index (χ3n) is 4.10. The fourth-order valence-corrected chi connectivity index (χ4v) is 3.01. The Hall–Kier alpha value is -2.86. The molecule has 2 N–H and O–H groups in total. The molecule has 0 aromatic heterocycles. The minimum atomic E-state index is -0.712. The Labute approximate surface area is 156 Å². The maximum absolute atomic E-state index is 12.6. The van der Waals surface area contributed by atoms with E-state index < -0.39 is 6.04 Å². The van der Waals surface area contributed by atoms with Crippen LogP contribution in [0.25, 0.3) is 0 Å². The van der Waals surface area contributed by atoms with E-state index in [0.29, 0.717) is 22.8 Å². The summed E-state index contributed by atoms with van der Waals surface area (Å²) in [5.74, 6) is -0.987. The summed E-state index contributed by atoms with van der Waals surface area (Å²) >= 11 is 5.93. The van der Waals surface area contributed by atoms with E-state index in [0.717, 1.165) is 5.56 Å². The second-order valence-corrected chi connectivity index (χ2v) is 6.48. The molecular formula is C19H18ClN3O3. The summed E-state index contributed by atoms with van der Waals surface area (Å²) in [5, 5.41) is 6.00. The van der Waals surface area contributed by atoms with Crippen molar-refractivity contribution in [1.82, 2.24) is 10.6 Å². The molecule has 26 heavy (non-hydrogen) atoms. The van der Waals surface area contributed by atoms with Crippen molar-refractivity contribution in [2.75, 3.05) is 11.4 Å². The van der Waals surface area contributed by atoms with E-state index in [-0.39, 0.29) is 24.3 Å². The highest BCUT2D eigenvalue weighted by Gasteiger charge is 2.32. The lowest BCUT2D eigenvalue weighted by atomic mass is 10.1. The number of halogens is 1. The molecule has 0 spiro atoms. The number of nitrogens with zero attached hydrogens (tertiary/aromatic N) is 1. The van der Waals surface area contributed by atoms with Gasteiger partial charge in [0.25, 0.3) is 5.91 Å². The summed E-state index contributed by atoms with van der Waals surface area (Å²) in [6.07, 6.45) is 0. The summed E-state index contributed by atoms with van der Waals surface area (Å²) in [5.41, 5.74) is 1.66. The predicted molar refractivity (Wildman–Crippen MR) is 99.0 cm³/mol. The molecule has 0 radical (unpaired) electrons. The molecule has 1 atom stereocenters. The maximum Gasteiger partial charge on any atom is 0.254 e. The molecule has 134 valence electrons. The maximum atomic E-state index is 12.6. The number of nitrogens with one attached hydrogen (secondary N) is 2. The molecule has 6 nitrogen and oxygen atoms in total. The van der Waals surface area contributed by atoms with Crippen molar-refractivity contribution < 1.29 is 14.4 Å². The van der Waals surface area contributed by atoms with Crippen molar-refractivity contribution >= 4 is 35.0 Å². The van der Waals surface area contributed by atoms with Crippen LogP contribution in [0, 0.1) is 0 Å². The molecule has 2 aromatic rings. The second-order valence-electron chi connectivity index (χ2n) is 6.04. The third kappa shape index (κ3) is 3.86. The van der Waals surface area contributed by atoms with Gasteiger partial charge >= 0.3 is 0 Å². The zero-order valence-corrected chi connectivity index (χ0v) is 14.9. The first-order valence-electron chi connectivity index (χ1n) is 8.18. The van der Waals surface area contributed by atoms with E-state index in [2.05, 4.69) is 10.6 Å². The molecule has 0 unspecified atom stereocenters. The number of rotatable bonds is 4. The first kappa shape index (κ1) is 17.9. The number of benzene rings is 2. The van der Waals surface area contributed by atoms with Crippen LogP contribution in [-0.2, 0) is 16.1 Å². The Morgan fingerprint density at radius 3 is 2.73 bits per heavy atom. The number of para-hydroxylation sites is 1. The van der Waals surface area contributed by atoms with Gasteiger partial charge in [0.05, 0.1) is 11.3 Å². The van der Waals surface area contributed by atoms with E-state index in [9.17, 15) is 14.4 Å². The topological polar surface area (TPSA) is 78.5 Å². The smallest absolute Gasteiger partial charge is 0.254 e. The molecule has 1 aliphatic heterocycles. The summed E-state index contributed by atoms with van der Waals surface area (Å²) in [6, 6.07) is 13.2. The summed E-state index contributed by atoms with van der Waals surface area (Å²) in [7, 11) is 0. The van der Waals surface area contributed by atoms with Gasteiger partial charge in [0.1, 0.15) is 12.6 Å². The first-order chi connectivity index (χ1) is 12.5. The van der Waals surface area contributed by atoms with Gasteiger partial charge in [-0.15, -0.1) is 0 Å². The van der Waals surface area contributed by atoms with Crippen LogP contribution >= 0.6 is 11.6 Å². The van der Waals surface area contributed by atoms with Gasteiger partial charge in [-0.2, -0.15) is 0 Å². The Kier molecular flexibility index (Phi) is 5.23. The second kappa shape index (κ2) is 7.58. The number of hydrogen-bond donors (Lipinski definition) is 2. The van der Waals surface area contributed by atoms with Crippen molar-refractivity contribution in [2.45, 2.75) is 19.5 Å². The third-order valence-corrected chi connectivity index (χ3v) is 4.34. The number of anilines is 1. The van der Waals surface area contributed by atoms with Gasteiger partial charge in [0.2, 0.25) is 11.8 Å². The van der Waals surface area contributed by atoms with Crippen LogP contribution in [0.5, 0.6) is 0 Å². The van der Waals surface area contributed by atoms with Gasteiger partial charge in [-0.05, 0) is 36.8 Å². The molecular weight excluding hydrogens is 354 g/mol. The van der Waals surface area contributed by atoms with Gasteiger partial charge < -0.3 is 15.5 Å². The highest BCUT2D eigenvalue weighted by atomic mass is 35.5. The lowest BCUT2D eigenvalue weighted by molar-refractivity contribution is -0.124. The molecule has 0 aliphatic carbocycles. The Morgan fingerprint density at radius 2 is 1.96 bits per heavy atom. The predicted octanol–water partition coefficient (Wildman–Crippen LogP) is 2.12. The van der Waals surface area contributed by atoms with Crippen molar-refractivity contribution in [3.8, 4) is 0 Å². The zero-order chi connectivity index (χ0) is 18.7. The lowest BCUT2D eigenvalue weighted by Crippen LogP contribution is -2.47. The molecule has 0 saturated heterocycles. The van der Waals surface area contributed by atoms with E-state index in [4.69, 9.17) is 11.6 Å². The summed E-state index contributed by atoms with van der Waals surface area (Å²) in [4.78, 5) is 38.6. The molecule has 1 heterocycles. The molecule has 2 aromatic carbocycles. The standard InChI is InChI=1S/C19H18ClN3O3/c1-12-19(26)23(16-8-3-2-7-15(16)18(25)22-12)11-17(24)21-10-13-5-4-6-14(20)9-13/h2-9,12H,10-11H2,1H3,(H,21,24)(H,22,25)/t12-/m0/s1. The normalized spacial score (nSPS) is 16.5. The van der Waals surface area contributed by atoms with E-state index in [1.165, 1.54) is 4.90 Å². The first-order valence-corrected chi connectivity index (χ1v) is 8.56. The van der Waals surface area contributed by atoms with Crippen LogP contribution in [0.3, 0.4) is 0 Å². The van der Waals surface area contributed by atoms with Gasteiger partial charge in [0, 0.05) is 11.6 Å². The minimum absolute atomic E-state index is 0.171. The highest BCUT2D eigenvalue weighted by molar-refractivity contribution is 6.30. The van der Waals surface area contributed by atoms with Crippen LogP contribution in [0.4, 0.5) is 5.69 Å². The van der Waals surface area contributed by atoms with Crippen molar-refractivity contribution in [1.29, 1.82) is 0 Å². The molecule has 0 saturated carbocycles. The van der Waals surface area contributed by atoms with Gasteiger partial charge in [-0.25, -0.2) is 0 Å². The Balaban J connectivity index is 1.76. The molecule has 7 heteroatoms. The summed E-state index contributed by atoms with van der Waals surface area (Å²) in [6.45, 7) is 1.73. The van der Waals surface area contributed by atoms with Crippen LogP contribution < -0.4 is 15.5 Å². The van der Waals surface area contributed by atoms with E-state index in [1.54, 1.807) is 49.4 Å². The number of carbonyl (C=O) groups excluding carboxylic acids is 3. The van der Waals surface area contributed by atoms with Crippen LogP contribution in [0.15, 0.2) is 48.5 Å². The Morgan fingerprint density at radius 1 is 1.19 bits per heavy atom. The SMILES string of the molecule is C[C@@H]1NC(=O)c2ccccc2N(CC(=O)NCc2cccc(Cl)c2)C1=O. The highest BCUT2D eigenvalue weighted by Crippen LogP contribution is 2.23. The lowest BCUT2D eigenvalue weighted by Gasteiger charge is -2.23. The van der Waals surface area contributed by atoms with Gasteiger partial charge in [0.15, 0.2) is 0 Å². The number of carbonyl (C=O) groups is 3. The number of fused-ring (bicyclic) bond motifs is 1. The van der Waals surface area contributed by atoms with Crippen LogP contribution in [0.2, 0.25) is 5.02 Å². The quantitative estimate of drug-likeness (QED) is 0.864. The number of amides is 3. The average Bonchev–Trinajstić information content (AvgIpc) is 2.71. The van der Waals surface area contributed by atoms with Crippen LogP contribution in [0.1, 0.15) is 22.8 Å². The van der Waals surface area contributed by atoms with Crippen LogP contribution in [-0.4, -0.2) is 30.3 Å². The van der Waals surface area contributed by atoms with Gasteiger partial charge in [-0.3, -0.25) is 14.4 Å². The molecule has 0 bridgehead atoms. The van der Waals surface area contributed by atoms with E-state index in [1.807, 2.05) is 6.07 Å². The van der Waals surface area contributed by atoms with Gasteiger partial charge in [-0.1, -0.05) is 35.9 Å². The summed E-state index contributed by atoms with van der Waals surface area (Å²) < 4.78 is 0. The molecule has 1 aliphatic rings. The van der Waals surface area contributed by atoms with Crippen molar-refractivity contribution in [2.24, 2.45) is 0 Å². The minimum Gasteiger partial charge on any atom is -0.350 e. The average molecular weight is 372 g/mol. The fourth-order valence-electron chi connectivity index (χ4n) is 2.80. The molecule has 3 rings (SSSR count). The monoisotopic (exact) mass is 371 g/mol. The number of hydrogen-bond acceptors (Lipinski definition) is 3. The molecule has 3 amide bonds. The van der Waals surface area contributed by atoms with Crippen molar-refractivity contribution in [3.05, 3.63) is 64.7 Å². The largest absolute Gasteiger partial charge is 0.350 e. The molecule has 0 fully saturated rings. The van der Waals surface area contributed by atoms with Crippen molar-refractivity contribution in [3.63, 3.8) is 0 Å². The zero-order valence-electron chi connectivity index (χ0n) is 14.2. The van der Waals surface area contributed by atoms with E-state index >= 15 is 0 Å². The fraction of sp³-hybridized carbons (Fsp3) is 0.211. The Bertz CT molecular complexity index is 869.